The average Bonchev–Trinajstić information content (AvgIpc) is 2.22. The largest absolute Gasteiger partial charge is 0.394 e. The van der Waals surface area contributed by atoms with Crippen LogP contribution in [0, 0.1) is 5.92 Å². The first kappa shape index (κ1) is 14.3. The van der Waals surface area contributed by atoms with Crippen LogP contribution in [0.3, 0.4) is 0 Å². The molecule has 5 N–H and O–H groups in total. The minimum atomic E-state index is -1.52. The van der Waals surface area contributed by atoms with Crippen LogP contribution >= 0.6 is 0 Å². The van der Waals surface area contributed by atoms with Crippen LogP contribution in [-0.2, 0) is 4.79 Å². The summed E-state index contributed by atoms with van der Waals surface area (Å²) in [5.41, 5.74) is 0. The summed E-state index contributed by atoms with van der Waals surface area (Å²) in [4.78, 5) is 11.2. The first-order chi connectivity index (χ1) is 6.90. The minimum Gasteiger partial charge on any atom is -0.394 e. The second kappa shape index (κ2) is 6.73. The van der Waals surface area contributed by atoms with Crippen molar-refractivity contribution in [3.05, 3.63) is 0 Å². The summed E-state index contributed by atoms with van der Waals surface area (Å²) in [5.74, 6) is -1.00. The van der Waals surface area contributed by atoms with Gasteiger partial charge in [-0.05, 0) is 5.92 Å². The molecule has 0 aromatic heterocycles. The van der Waals surface area contributed by atoms with Gasteiger partial charge in [-0.3, -0.25) is 4.79 Å². The van der Waals surface area contributed by atoms with Gasteiger partial charge in [0, 0.05) is 6.54 Å². The molecule has 0 fully saturated rings. The molecular formula is C9H19NO5. The van der Waals surface area contributed by atoms with Crippen LogP contribution in [0.1, 0.15) is 13.8 Å². The van der Waals surface area contributed by atoms with Crippen molar-refractivity contribution in [3.8, 4) is 0 Å². The number of nitrogens with one attached hydrogen (secondary N) is 1. The van der Waals surface area contributed by atoms with Crippen molar-refractivity contribution in [1.29, 1.82) is 0 Å². The highest BCUT2D eigenvalue weighted by Gasteiger charge is 2.26. The number of carbonyl (C=O) groups excluding carboxylic acids is 1. The summed E-state index contributed by atoms with van der Waals surface area (Å²) in [6.07, 6.45) is -3.72. The number of carbonyl (C=O) groups is 1. The number of amides is 1. The molecule has 0 radical (unpaired) electrons. The predicted octanol–water partition coefficient (Wildman–Crippen LogP) is -2.17. The van der Waals surface area contributed by atoms with Crippen molar-refractivity contribution in [3.63, 3.8) is 0 Å². The van der Waals surface area contributed by atoms with Gasteiger partial charge < -0.3 is 25.7 Å². The van der Waals surface area contributed by atoms with Gasteiger partial charge in [0.25, 0.3) is 5.91 Å². The lowest BCUT2D eigenvalue weighted by Gasteiger charge is -2.20. The summed E-state index contributed by atoms with van der Waals surface area (Å²) in [5, 5.41) is 38.3. The zero-order chi connectivity index (χ0) is 12.0. The molecule has 0 saturated carbocycles. The van der Waals surface area contributed by atoms with Crippen LogP contribution in [0.4, 0.5) is 0 Å². The average molecular weight is 221 g/mol. The molecule has 0 aliphatic rings. The lowest BCUT2D eigenvalue weighted by molar-refractivity contribution is -0.137. The minimum absolute atomic E-state index is 0.156. The number of aliphatic hydroxyl groups is 4. The molecule has 1 unspecified atom stereocenters. The van der Waals surface area contributed by atoms with Crippen molar-refractivity contribution in [2.45, 2.75) is 32.2 Å². The Morgan fingerprint density at radius 2 is 1.80 bits per heavy atom. The van der Waals surface area contributed by atoms with Crippen molar-refractivity contribution in [1.82, 2.24) is 5.32 Å². The fourth-order valence-electron chi connectivity index (χ4n) is 0.907. The molecule has 6 heteroatoms. The summed E-state index contributed by atoms with van der Waals surface area (Å²) in [6.45, 7) is 2.72. The van der Waals surface area contributed by atoms with Crippen LogP contribution in [0.5, 0.6) is 0 Å². The van der Waals surface area contributed by atoms with Gasteiger partial charge in [-0.1, -0.05) is 13.8 Å². The van der Waals surface area contributed by atoms with Gasteiger partial charge in [-0.15, -0.1) is 0 Å². The normalized spacial score (nSPS) is 17.3. The zero-order valence-electron chi connectivity index (χ0n) is 8.92. The first-order valence-corrected chi connectivity index (χ1v) is 4.83. The second-order valence-corrected chi connectivity index (χ2v) is 3.76. The van der Waals surface area contributed by atoms with E-state index in [4.69, 9.17) is 10.2 Å². The SMILES string of the molecule is CC(C)[C@H](O)[C@@H](O)C(=O)NCC(O)CO. The maximum atomic E-state index is 11.2. The molecule has 1 amide bonds. The second-order valence-electron chi connectivity index (χ2n) is 3.76. The quantitative estimate of drug-likeness (QED) is 0.351. The topological polar surface area (TPSA) is 110 Å². The third-order valence-corrected chi connectivity index (χ3v) is 2.00. The van der Waals surface area contributed by atoms with Crippen molar-refractivity contribution < 1.29 is 25.2 Å². The highest BCUT2D eigenvalue weighted by Crippen LogP contribution is 2.06. The van der Waals surface area contributed by atoms with Gasteiger partial charge in [0.05, 0.1) is 18.8 Å². The first-order valence-electron chi connectivity index (χ1n) is 4.83. The molecular weight excluding hydrogens is 202 g/mol. The molecule has 3 atom stereocenters. The van der Waals surface area contributed by atoms with Gasteiger partial charge in [-0.2, -0.15) is 0 Å². The van der Waals surface area contributed by atoms with Crippen LogP contribution in [-0.4, -0.2) is 57.8 Å². The van der Waals surface area contributed by atoms with Crippen molar-refractivity contribution in [2.24, 2.45) is 5.92 Å². The maximum Gasteiger partial charge on any atom is 0.251 e. The van der Waals surface area contributed by atoms with Crippen LogP contribution in [0.25, 0.3) is 0 Å². The van der Waals surface area contributed by atoms with E-state index in [9.17, 15) is 15.0 Å². The summed E-state index contributed by atoms with van der Waals surface area (Å²) in [6, 6.07) is 0. The Morgan fingerprint density at radius 3 is 2.20 bits per heavy atom. The zero-order valence-corrected chi connectivity index (χ0v) is 8.92. The number of hydrogen-bond acceptors (Lipinski definition) is 5. The van der Waals surface area contributed by atoms with Gasteiger partial charge in [0.2, 0.25) is 0 Å². The van der Waals surface area contributed by atoms with E-state index in [1.165, 1.54) is 0 Å². The molecule has 0 bridgehead atoms. The Morgan fingerprint density at radius 1 is 1.27 bits per heavy atom. The third-order valence-electron chi connectivity index (χ3n) is 2.00. The van der Waals surface area contributed by atoms with Gasteiger partial charge >= 0.3 is 0 Å². The van der Waals surface area contributed by atoms with Crippen molar-refractivity contribution >= 4 is 5.91 Å². The summed E-state index contributed by atoms with van der Waals surface area (Å²) >= 11 is 0. The molecule has 90 valence electrons. The van der Waals surface area contributed by atoms with Gasteiger partial charge in [0.1, 0.15) is 0 Å². The molecule has 0 aliphatic carbocycles. The van der Waals surface area contributed by atoms with E-state index in [1.54, 1.807) is 13.8 Å². The molecule has 0 heterocycles. The van der Waals surface area contributed by atoms with Gasteiger partial charge in [-0.25, -0.2) is 0 Å². The maximum absolute atomic E-state index is 11.2. The monoisotopic (exact) mass is 221 g/mol. The van der Waals surface area contributed by atoms with E-state index >= 15 is 0 Å². The number of hydrogen-bond donors (Lipinski definition) is 5. The fraction of sp³-hybridized carbons (Fsp3) is 0.889. The lowest BCUT2D eigenvalue weighted by Crippen LogP contribution is -2.46. The molecule has 0 aliphatic heterocycles. The van der Waals surface area contributed by atoms with E-state index in [1.807, 2.05) is 0 Å². The standard InChI is InChI=1S/C9H19NO5/c1-5(2)7(13)8(14)9(15)10-3-6(12)4-11/h5-8,11-14H,3-4H2,1-2H3,(H,10,15)/t6?,7-,8+/m0/s1. The summed E-state index contributed by atoms with van der Waals surface area (Å²) < 4.78 is 0. The van der Waals surface area contributed by atoms with Crippen LogP contribution in [0.15, 0.2) is 0 Å². The summed E-state index contributed by atoms with van der Waals surface area (Å²) in [7, 11) is 0. The van der Waals surface area contributed by atoms with E-state index in [0.717, 1.165) is 0 Å². The fourth-order valence-corrected chi connectivity index (χ4v) is 0.907. The molecule has 0 spiro atoms. The Bertz CT molecular complexity index is 197. The smallest absolute Gasteiger partial charge is 0.251 e. The van der Waals surface area contributed by atoms with Crippen LogP contribution < -0.4 is 5.32 Å². The molecule has 0 rings (SSSR count). The highest BCUT2D eigenvalue weighted by atomic mass is 16.3. The number of rotatable bonds is 6. The molecule has 0 aromatic carbocycles. The van der Waals surface area contributed by atoms with Crippen LogP contribution in [0.2, 0.25) is 0 Å². The molecule has 6 nitrogen and oxygen atoms in total. The molecule has 0 aromatic rings. The number of aliphatic hydroxyl groups excluding tert-OH is 4. The Hall–Kier alpha value is -0.690. The van der Waals surface area contributed by atoms with E-state index in [2.05, 4.69) is 5.32 Å². The molecule has 15 heavy (non-hydrogen) atoms. The van der Waals surface area contributed by atoms with Gasteiger partial charge in [0.15, 0.2) is 6.10 Å². The van der Waals surface area contributed by atoms with E-state index < -0.39 is 30.8 Å². The van der Waals surface area contributed by atoms with E-state index in [-0.39, 0.29) is 12.5 Å². The van der Waals surface area contributed by atoms with Crippen molar-refractivity contribution in [2.75, 3.05) is 13.2 Å². The van der Waals surface area contributed by atoms with E-state index in [0.29, 0.717) is 0 Å². The molecule has 0 saturated heterocycles. The Balaban J connectivity index is 3.99. The Kier molecular flexibility index (Phi) is 6.42. The predicted molar refractivity (Wildman–Crippen MR) is 53.0 cm³/mol. The lowest BCUT2D eigenvalue weighted by atomic mass is 10.0. The third kappa shape index (κ3) is 5.08. The Labute approximate surface area is 88.5 Å². The highest BCUT2D eigenvalue weighted by molar-refractivity contribution is 5.81.